The molecule has 1 amide bonds. The van der Waals surface area contributed by atoms with Crippen molar-refractivity contribution >= 4 is 18.3 Å². The lowest BCUT2D eigenvalue weighted by Crippen LogP contribution is -2.39. The first kappa shape index (κ1) is 15.7. The topological polar surface area (TPSA) is 55.6 Å². The Hall–Kier alpha value is -1.33. The second-order valence-corrected chi connectivity index (χ2v) is 4.38. The SMILES string of the molecule is COc1ccc(C(=O)N2CCCC2CN)cc1F.Cl. The van der Waals surface area contributed by atoms with E-state index in [0.29, 0.717) is 18.7 Å². The van der Waals surface area contributed by atoms with Gasteiger partial charge in [0.25, 0.3) is 5.91 Å². The summed E-state index contributed by atoms with van der Waals surface area (Å²) in [5, 5.41) is 0. The van der Waals surface area contributed by atoms with Crippen molar-refractivity contribution < 1.29 is 13.9 Å². The zero-order valence-corrected chi connectivity index (χ0v) is 11.6. The molecule has 0 aromatic heterocycles. The van der Waals surface area contributed by atoms with Crippen LogP contribution in [0.4, 0.5) is 4.39 Å². The van der Waals surface area contributed by atoms with Gasteiger partial charge in [-0.25, -0.2) is 4.39 Å². The number of ether oxygens (including phenoxy) is 1. The van der Waals surface area contributed by atoms with Crippen LogP contribution in [0, 0.1) is 5.82 Å². The largest absolute Gasteiger partial charge is 0.494 e. The van der Waals surface area contributed by atoms with E-state index in [1.54, 1.807) is 11.0 Å². The molecule has 1 heterocycles. The summed E-state index contributed by atoms with van der Waals surface area (Å²) < 4.78 is 18.4. The van der Waals surface area contributed by atoms with Crippen LogP contribution in [0.25, 0.3) is 0 Å². The normalized spacial score (nSPS) is 18.1. The van der Waals surface area contributed by atoms with Crippen molar-refractivity contribution in [2.75, 3.05) is 20.2 Å². The minimum Gasteiger partial charge on any atom is -0.494 e. The quantitative estimate of drug-likeness (QED) is 0.923. The Bertz CT molecular complexity index is 456. The molecule has 0 bridgehead atoms. The molecule has 1 aromatic rings. The fourth-order valence-electron chi connectivity index (χ4n) is 2.31. The number of methoxy groups -OCH3 is 1. The van der Waals surface area contributed by atoms with E-state index in [9.17, 15) is 9.18 Å². The Morgan fingerprint density at radius 3 is 2.89 bits per heavy atom. The van der Waals surface area contributed by atoms with E-state index < -0.39 is 5.82 Å². The second-order valence-electron chi connectivity index (χ2n) is 4.38. The third-order valence-corrected chi connectivity index (χ3v) is 3.31. The van der Waals surface area contributed by atoms with Gasteiger partial charge in [-0.1, -0.05) is 0 Å². The maximum absolute atomic E-state index is 13.6. The number of likely N-dealkylation sites (tertiary alicyclic amines) is 1. The third-order valence-electron chi connectivity index (χ3n) is 3.31. The van der Waals surface area contributed by atoms with E-state index in [2.05, 4.69) is 0 Å². The van der Waals surface area contributed by atoms with Crippen LogP contribution in [0.5, 0.6) is 5.75 Å². The van der Waals surface area contributed by atoms with E-state index in [-0.39, 0.29) is 30.1 Å². The van der Waals surface area contributed by atoms with Crippen LogP contribution >= 0.6 is 12.4 Å². The van der Waals surface area contributed by atoms with Gasteiger partial charge in [0.15, 0.2) is 11.6 Å². The first-order valence-electron chi connectivity index (χ1n) is 6.02. The van der Waals surface area contributed by atoms with E-state index in [0.717, 1.165) is 12.8 Å². The average molecular weight is 289 g/mol. The lowest BCUT2D eigenvalue weighted by molar-refractivity contribution is 0.0740. The van der Waals surface area contributed by atoms with Crippen LogP contribution in [-0.2, 0) is 0 Å². The summed E-state index contributed by atoms with van der Waals surface area (Å²) in [7, 11) is 1.39. The summed E-state index contributed by atoms with van der Waals surface area (Å²) in [4.78, 5) is 14.0. The molecule has 1 aromatic carbocycles. The van der Waals surface area contributed by atoms with Gasteiger partial charge in [0.05, 0.1) is 7.11 Å². The van der Waals surface area contributed by atoms with Crippen LogP contribution in [0.1, 0.15) is 23.2 Å². The number of hydrogen-bond donors (Lipinski definition) is 1. The number of benzene rings is 1. The number of halogens is 2. The number of amides is 1. The van der Waals surface area contributed by atoms with Crippen LogP contribution in [0.2, 0.25) is 0 Å². The van der Waals surface area contributed by atoms with E-state index in [1.165, 1.54) is 19.2 Å². The molecule has 106 valence electrons. The predicted octanol–water partition coefficient (Wildman–Crippen LogP) is 1.82. The summed E-state index contributed by atoms with van der Waals surface area (Å²) in [6, 6.07) is 4.34. The number of carbonyl (C=O) groups excluding carboxylic acids is 1. The molecule has 1 aliphatic rings. The predicted molar refractivity (Wildman–Crippen MR) is 73.3 cm³/mol. The summed E-state index contributed by atoms with van der Waals surface area (Å²) in [5.74, 6) is -0.542. The van der Waals surface area contributed by atoms with Crippen molar-refractivity contribution in [2.24, 2.45) is 5.73 Å². The van der Waals surface area contributed by atoms with Crippen molar-refractivity contribution in [2.45, 2.75) is 18.9 Å². The zero-order valence-electron chi connectivity index (χ0n) is 10.8. The third kappa shape index (κ3) is 3.16. The molecule has 1 unspecified atom stereocenters. The van der Waals surface area contributed by atoms with Gasteiger partial charge in [-0.15, -0.1) is 12.4 Å². The minimum absolute atomic E-state index is 0. The molecule has 4 nitrogen and oxygen atoms in total. The zero-order chi connectivity index (χ0) is 13.1. The highest BCUT2D eigenvalue weighted by molar-refractivity contribution is 5.94. The van der Waals surface area contributed by atoms with Gasteiger partial charge in [-0.2, -0.15) is 0 Å². The van der Waals surface area contributed by atoms with Crippen LogP contribution < -0.4 is 10.5 Å². The standard InChI is InChI=1S/C13H17FN2O2.ClH/c1-18-12-5-4-9(7-11(12)14)13(17)16-6-2-3-10(16)8-15;/h4-5,7,10H,2-3,6,8,15H2,1H3;1H. The van der Waals surface area contributed by atoms with Crippen molar-refractivity contribution in [1.82, 2.24) is 4.90 Å². The Morgan fingerprint density at radius 2 is 2.32 bits per heavy atom. The van der Waals surface area contributed by atoms with Gasteiger partial charge in [-0.3, -0.25) is 4.79 Å². The molecule has 0 aliphatic carbocycles. The first-order chi connectivity index (χ1) is 8.67. The molecule has 1 aliphatic heterocycles. The molecule has 0 radical (unpaired) electrons. The van der Waals surface area contributed by atoms with Gasteiger partial charge in [0, 0.05) is 24.7 Å². The highest BCUT2D eigenvalue weighted by atomic mass is 35.5. The van der Waals surface area contributed by atoms with Crippen molar-refractivity contribution in [3.63, 3.8) is 0 Å². The molecular formula is C13H18ClFN2O2. The highest BCUT2D eigenvalue weighted by Gasteiger charge is 2.28. The molecule has 1 atom stereocenters. The Kier molecular flexibility index (Phi) is 5.57. The summed E-state index contributed by atoms with van der Waals surface area (Å²) in [6.45, 7) is 1.14. The Balaban J connectivity index is 0.00000180. The minimum atomic E-state index is -0.521. The van der Waals surface area contributed by atoms with Gasteiger partial charge >= 0.3 is 0 Å². The lowest BCUT2D eigenvalue weighted by atomic mass is 10.1. The average Bonchev–Trinajstić information content (AvgIpc) is 2.86. The molecule has 1 fully saturated rings. The van der Waals surface area contributed by atoms with Crippen molar-refractivity contribution in [1.29, 1.82) is 0 Å². The van der Waals surface area contributed by atoms with Crippen molar-refractivity contribution in [3.8, 4) is 5.75 Å². The van der Waals surface area contributed by atoms with Gasteiger partial charge in [0.1, 0.15) is 0 Å². The van der Waals surface area contributed by atoms with Gasteiger partial charge in [0.2, 0.25) is 0 Å². The van der Waals surface area contributed by atoms with Crippen LogP contribution in [0.15, 0.2) is 18.2 Å². The van der Waals surface area contributed by atoms with Gasteiger partial charge in [-0.05, 0) is 31.0 Å². The molecule has 0 saturated carbocycles. The molecule has 6 heteroatoms. The van der Waals surface area contributed by atoms with Crippen LogP contribution in [-0.4, -0.2) is 37.0 Å². The van der Waals surface area contributed by atoms with E-state index >= 15 is 0 Å². The maximum Gasteiger partial charge on any atom is 0.254 e. The molecule has 1 saturated heterocycles. The molecule has 19 heavy (non-hydrogen) atoms. The Morgan fingerprint density at radius 1 is 1.58 bits per heavy atom. The number of carbonyl (C=O) groups is 1. The number of rotatable bonds is 3. The van der Waals surface area contributed by atoms with Crippen molar-refractivity contribution in [3.05, 3.63) is 29.6 Å². The molecular weight excluding hydrogens is 271 g/mol. The van der Waals surface area contributed by atoms with Crippen LogP contribution in [0.3, 0.4) is 0 Å². The molecule has 2 N–H and O–H groups in total. The number of nitrogens with two attached hydrogens (primary N) is 1. The summed E-state index contributed by atoms with van der Waals surface area (Å²) >= 11 is 0. The molecule has 2 rings (SSSR count). The Labute approximate surface area is 118 Å². The fourth-order valence-corrected chi connectivity index (χ4v) is 2.31. The summed E-state index contributed by atoms with van der Waals surface area (Å²) in [5.41, 5.74) is 5.97. The van der Waals surface area contributed by atoms with E-state index in [4.69, 9.17) is 10.5 Å². The monoisotopic (exact) mass is 288 g/mol. The number of nitrogens with zero attached hydrogens (tertiary/aromatic N) is 1. The lowest BCUT2D eigenvalue weighted by Gasteiger charge is -2.23. The number of hydrogen-bond acceptors (Lipinski definition) is 3. The highest BCUT2D eigenvalue weighted by Crippen LogP contribution is 2.22. The summed E-state index contributed by atoms with van der Waals surface area (Å²) in [6.07, 6.45) is 1.87. The molecule has 0 spiro atoms. The second kappa shape index (κ2) is 6.73. The first-order valence-corrected chi connectivity index (χ1v) is 6.02. The van der Waals surface area contributed by atoms with Gasteiger partial charge < -0.3 is 15.4 Å². The van der Waals surface area contributed by atoms with E-state index in [1.807, 2.05) is 0 Å². The smallest absolute Gasteiger partial charge is 0.254 e. The fraction of sp³-hybridized carbons (Fsp3) is 0.462. The maximum atomic E-state index is 13.6.